The van der Waals surface area contributed by atoms with Crippen molar-refractivity contribution in [1.82, 2.24) is 0 Å². The van der Waals surface area contributed by atoms with Gasteiger partial charge in [-0.3, -0.25) is 10.1 Å². The van der Waals surface area contributed by atoms with Crippen LogP contribution in [0.1, 0.15) is 20.3 Å². The largest absolute Gasteiger partial charge is 0.480 e. The van der Waals surface area contributed by atoms with Crippen molar-refractivity contribution in [1.29, 1.82) is 0 Å². The van der Waals surface area contributed by atoms with Gasteiger partial charge in [0.1, 0.15) is 6.04 Å². The summed E-state index contributed by atoms with van der Waals surface area (Å²) in [5.74, 6) is -0.886. The zero-order chi connectivity index (χ0) is 15.4. The zero-order valence-corrected chi connectivity index (χ0v) is 12.4. The number of nitrogens with one attached hydrogen (secondary N) is 1. The van der Waals surface area contributed by atoms with E-state index in [2.05, 4.69) is 5.32 Å². The third-order valence-electron chi connectivity index (χ3n) is 2.56. The lowest BCUT2D eigenvalue weighted by Gasteiger charge is -2.19. The third-order valence-corrected chi connectivity index (χ3v) is 3.16. The molecule has 8 heteroatoms. The lowest BCUT2D eigenvalue weighted by Crippen LogP contribution is -2.31. The molecule has 1 aromatic rings. The number of carbonyl (C=O) groups is 1. The summed E-state index contributed by atoms with van der Waals surface area (Å²) in [5.41, 5.74) is -0.0618. The summed E-state index contributed by atoms with van der Waals surface area (Å²) in [4.78, 5) is 21.2. The molecule has 0 fully saturated rings. The highest BCUT2D eigenvalue weighted by Gasteiger charge is 2.22. The number of nitrogens with zero attached hydrogens (tertiary/aromatic N) is 1. The number of anilines is 1. The van der Waals surface area contributed by atoms with Crippen LogP contribution in [0, 0.1) is 16.0 Å². The Morgan fingerprint density at radius 1 is 1.40 bits per heavy atom. The number of nitro groups is 1. The van der Waals surface area contributed by atoms with E-state index in [4.69, 9.17) is 28.3 Å². The van der Waals surface area contributed by atoms with Gasteiger partial charge in [-0.1, -0.05) is 37.0 Å². The molecular weight excluding hydrogens is 307 g/mol. The molecule has 0 aliphatic rings. The van der Waals surface area contributed by atoms with Crippen molar-refractivity contribution in [2.24, 2.45) is 5.92 Å². The van der Waals surface area contributed by atoms with Crippen molar-refractivity contribution in [3.8, 4) is 0 Å². The molecular formula is C12H14Cl2N2O4. The van der Waals surface area contributed by atoms with E-state index in [-0.39, 0.29) is 27.3 Å². The fraction of sp³-hybridized carbons (Fsp3) is 0.417. The molecule has 20 heavy (non-hydrogen) atoms. The highest BCUT2D eigenvalue weighted by Crippen LogP contribution is 2.35. The van der Waals surface area contributed by atoms with Crippen LogP contribution >= 0.6 is 23.2 Å². The number of halogens is 2. The van der Waals surface area contributed by atoms with Crippen molar-refractivity contribution in [2.45, 2.75) is 26.3 Å². The first-order valence-electron chi connectivity index (χ1n) is 5.85. The number of rotatable bonds is 6. The van der Waals surface area contributed by atoms with Crippen LogP contribution in [0.2, 0.25) is 10.0 Å². The van der Waals surface area contributed by atoms with E-state index in [0.29, 0.717) is 6.42 Å². The lowest BCUT2D eigenvalue weighted by atomic mass is 10.0. The molecule has 0 bridgehead atoms. The van der Waals surface area contributed by atoms with E-state index < -0.39 is 16.9 Å². The maximum atomic E-state index is 11.2. The van der Waals surface area contributed by atoms with Crippen molar-refractivity contribution in [2.75, 3.05) is 5.32 Å². The molecule has 0 amide bonds. The van der Waals surface area contributed by atoms with Gasteiger partial charge in [0, 0.05) is 12.1 Å². The molecule has 1 unspecified atom stereocenters. The second kappa shape index (κ2) is 6.76. The van der Waals surface area contributed by atoms with Crippen LogP contribution in [0.3, 0.4) is 0 Å². The smallest absolute Gasteiger partial charge is 0.326 e. The fourth-order valence-corrected chi connectivity index (χ4v) is 2.25. The fourth-order valence-electron chi connectivity index (χ4n) is 1.67. The van der Waals surface area contributed by atoms with Crippen LogP contribution < -0.4 is 5.32 Å². The van der Waals surface area contributed by atoms with E-state index in [9.17, 15) is 14.9 Å². The number of carboxylic acids is 1. The summed E-state index contributed by atoms with van der Waals surface area (Å²) < 4.78 is 0. The monoisotopic (exact) mass is 320 g/mol. The van der Waals surface area contributed by atoms with Crippen LogP contribution in [0.5, 0.6) is 0 Å². The Morgan fingerprint density at radius 2 is 1.90 bits per heavy atom. The molecule has 2 N–H and O–H groups in total. The summed E-state index contributed by atoms with van der Waals surface area (Å²) >= 11 is 11.8. The van der Waals surface area contributed by atoms with Gasteiger partial charge >= 0.3 is 5.97 Å². The van der Waals surface area contributed by atoms with Gasteiger partial charge in [-0.2, -0.15) is 0 Å². The van der Waals surface area contributed by atoms with Gasteiger partial charge in [0.2, 0.25) is 0 Å². The van der Waals surface area contributed by atoms with Gasteiger partial charge in [0.15, 0.2) is 0 Å². The number of nitro benzene ring substituents is 1. The molecule has 110 valence electrons. The summed E-state index contributed by atoms with van der Waals surface area (Å²) in [5, 5.41) is 22.6. The Balaban J connectivity index is 3.07. The van der Waals surface area contributed by atoms with Crippen molar-refractivity contribution < 1.29 is 14.8 Å². The molecule has 1 rings (SSSR count). The molecule has 0 aliphatic heterocycles. The molecule has 0 aromatic heterocycles. The molecule has 1 aromatic carbocycles. The highest BCUT2D eigenvalue weighted by atomic mass is 35.5. The van der Waals surface area contributed by atoms with Crippen molar-refractivity contribution >= 4 is 40.5 Å². The Morgan fingerprint density at radius 3 is 2.25 bits per heavy atom. The van der Waals surface area contributed by atoms with E-state index in [0.717, 1.165) is 12.1 Å². The van der Waals surface area contributed by atoms with E-state index in [1.807, 2.05) is 13.8 Å². The predicted octanol–water partition coefficient (Wildman–Crippen LogP) is 3.81. The van der Waals surface area contributed by atoms with Crippen LogP contribution in [0.25, 0.3) is 0 Å². The number of non-ortho nitro benzene ring substituents is 1. The number of hydrogen-bond donors (Lipinski definition) is 2. The van der Waals surface area contributed by atoms with E-state index in [1.54, 1.807) is 0 Å². The summed E-state index contributed by atoms with van der Waals surface area (Å²) in [7, 11) is 0. The van der Waals surface area contributed by atoms with Crippen LogP contribution in [0.15, 0.2) is 12.1 Å². The minimum Gasteiger partial charge on any atom is -0.480 e. The van der Waals surface area contributed by atoms with Gasteiger partial charge in [-0.15, -0.1) is 0 Å². The Kier molecular flexibility index (Phi) is 5.59. The van der Waals surface area contributed by atoms with Crippen LogP contribution in [0.4, 0.5) is 11.4 Å². The average molecular weight is 321 g/mol. The second-order valence-corrected chi connectivity index (χ2v) is 5.52. The van der Waals surface area contributed by atoms with Crippen molar-refractivity contribution in [3.63, 3.8) is 0 Å². The first kappa shape index (κ1) is 16.5. The van der Waals surface area contributed by atoms with Gasteiger partial charge in [-0.25, -0.2) is 4.79 Å². The van der Waals surface area contributed by atoms with Crippen molar-refractivity contribution in [3.05, 3.63) is 32.3 Å². The molecule has 0 saturated heterocycles. The molecule has 0 spiro atoms. The minimum atomic E-state index is -1.04. The average Bonchev–Trinajstić information content (AvgIpc) is 2.30. The second-order valence-electron chi connectivity index (χ2n) is 4.71. The van der Waals surface area contributed by atoms with Gasteiger partial charge in [-0.05, 0) is 12.3 Å². The maximum absolute atomic E-state index is 11.2. The number of aliphatic carboxylic acids is 1. The topological polar surface area (TPSA) is 92.5 Å². The number of hydrogen-bond acceptors (Lipinski definition) is 4. The molecule has 0 aliphatic carbocycles. The zero-order valence-electron chi connectivity index (χ0n) is 10.9. The van der Waals surface area contributed by atoms with E-state index >= 15 is 0 Å². The third kappa shape index (κ3) is 4.25. The number of carboxylic acid groups (broad SMARTS) is 1. The molecule has 0 saturated carbocycles. The maximum Gasteiger partial charge on any atom is 0.326 e. The number of benzene rings is 1. The molecule has 0 heterocycles. The Bertz CT molecular complexity index is 511. The van der Waals surface area contributed by atoms with Crippen LogP contribution in [-0.4, -0.2) is 22.0 Å². The van der Waals surface area contributed by atoms with Crippen LogP contribution in [-0.2, 0) is 4.79 Å². The molecule has 1 atom stereocenters. The molecule has 6 nitrogen and oxygen atoms in total. The van der Waals surface area contributed by atoms with Gasteiger partial charge in [0.25, 0.3) is 5.69 Å². The SMILES string of the molecule is CC(C)CC(Nc1c(Cl)cc([N+](=O)[O-])cc1Cl)C(=O)O. The van der Waals surface area contributed by atoms with Gasteiger partial charge in [0.05, 0.1) is 20.7 Å². The van der Waals surface area contributed by atoms with E-state index in [1.165, 1.54) is 0 Å². The predicted molar refractivity (Wildman–Crippen MR) is 77.6 cm³/mol. The summed E-state index contributed by atoms with van der Waals surface area (Å²) in [6, 6.07) is 1.39. The lowest BCUT2D eigenvalue weighted by molar-refractivity contribution is -0.384. The first-order chi connectivity index (χ1) is 9.22. The Hall–Kier alpha value is -1.53. The quantitative estimate of drug-likeness (QED) is 0.614. The van der Waals surface area contributed by atoms with Gasteiger partial charge < -0.3 is 10.4 Å². The summed E-state index contributed by atoms with van der Waals surface area (Å²) in [6.07, 6.45) is 0.374. The minimum absolute atomic E-state index is 0.0132. The normalized spacial score (nSPS) is 12.2. The molecule has 0 radical (unpaired) electrons. The summed E-state index contributed by atoms with van der Waals surface area (Å²) in [6.45, 7) is 3.77. The Labute approximate surface area is 125 Å². The standard InChI is InChI=1S/C12H14Cl2N2O4/c1-6(2)3-10(12(17)18)15-11-8(13)4-7(16(19)20)5-9(11)14/h4-6,10,15H,3H2,1-2H3,(H,17,18). The highest BCUT2D eigenvalue weighted by molar-refractivity contribution is 6.39. The first-order valence-corrected chi connectivity index (χ1v) is 6.60.